The van der Waals surface area contributed by atoms with E-state index in [4.69, 9.17) is 5.73 Å². The monoisotopic (exact) mass is 278 g/mol. The molecule has 0 aromatic rings. The number of nitrogens with zero attached hydrogens (tertiary/aromatic N) is 2. The van der Waals surface area contributed by atoms with Gasteiger partial charge in [-0.3, -0.25) is 9.69 Å². The molecule has 0 spiro atoms. The number of likely N-dealkylation sites (tertiary alicyclic amines) is 1. The fourth-order valence-electron chi connectivity index (χ4n) is 3.43. The number of nitrogens with one attached hydrogen (secondary N) is 1. The van der Waals surface area contributed by atoms with Gasteiger partial charge in [-0.15, -0.1) is 0 Å². The number of nitriles is 1. The predicted octanol–water partition coefficient (Wildman–Crippen LogP) is 0.856. The van der Waals surface area contributed by atoms with Crippen LogP contribution in [0.25, 0.3) is 0 Å². The molecule has 3 N–H and O–H groups in total. The first-order valence-electron chi connectivity index (χ1n) is 7.73. The highest BCUT2D eigenvalue weighted by atomic mass is 16.2. The zero-order valence-corrected chi connectivity index (χ0v) is 12.4. The Kier molecular flexibility index (Phi) is 5.00. The first kappa shape index (κ1) is 15.3. The molecule has 2 aliphatic rings. The number of hydrogen-bond donors (Lipinski definition) is 2. The van der Waals surface area contributed by atoms with Gasteiger partial charge >= 0.3 is 0 Å². The second-order valence-corrected chi connectivity index (χ2v) is 6.45. The van der Waals surface area contributed by atoms with Gasteiger partial charge in [-0.1, -0.05) is 6.92 Å². The number of carbonyl (C=O) groups is 1. The quantitative estimate of drug-likeness (QED) is 0.799. The fraction of sp³-hybridized carbons (Fsp3) is 0.867. The van der Waals surface area contributed by atoms with Crippen molar-refractivity contribution in [2.45, 2.75) is 44.6 Å². The Bertz CT molecular complexity index is 384. The van der Waals surface area contributed by atoms with E-state index in [2.05, 4.69) is 23.2 Å². The molecule has 2 fully saturated rings. The molecule has 1 saturated carbocycles. The van der Waals surface area contributed by atoms with E-state index in [0.29, 0.717) is 24.9 Å². The lowest BCUT2D eigenvalue weighted by Gasteiger charge is -2.36. The molecular formula is C15H26N4O. The lowest BCUT2D eigenvalue weighted by atomic mass is 9.87. The van der Waals surface area contributed by atoms with Crippen LogP contribution >= 0.6 is 0 Å². The summed E-state index contributed by atoms with van der Waals surface area (Å²) in [5.74, 6) is 1.10. The number of hydrogen-bond acceptors (Lipinski definition) is 4. The van der Waals surface area contributed by atoms with Crippen molar-refractivity contribution in [3.8, 4) is 6.07 Å². The summed E-state index contributed by atoms with van der Waals surface area (Å²) < 4.78 is 0. The zero-order valence-electron chi connectivity index (χ0n) is 12.4. The van der Waals surface area contributed by atoms with Crippen LogP contribution in [0, 0.1) is 23.2 Å². The van der Waals surface area contributed by atoms with Crippen molar-refractivity contribution in [3.05, 3.63) is 0 Å². The van der Waals surface area contributed by atoms with Gasteiger partial charge in [0.25, 0.3) is 0 Å². The third kappa shape index (κ3) is 3.50. The number of rotatable bonds is 4. The van der Waals surface area contributed by atoms with Crippen LogP contribution in [0.1, 0.15) is 39.0 Å². The lowest BCUT2D eigenvalue weighted by molar-refractivity contribution is -0.124. The van der Waals surface area contributed by atoms with Crippen LogP contribution in [0.15, 0.2) is 0 Å². The summed E-state index contributed by atoms with van der Waals surface area (Å²) in [5, 5.41) is 12.3. The van der Waals surface area contributed by atoms with Gasteiger partial charge in [0.2, 0.25) is 5.91 Å². The van der Waals surface area contributed by atoms with E-state index >= 15 is 0 Å². The number of piperidine rings is 1. The molecule has 1 amide bonds. The number of nitrogens with two attached hydrogens (primary N) is 1. The third-order valence-electron chi connectivity index (χ3n) is 4.92. The molecule has 1 heterocycles. The molecule has 20 heavy (non-hydrogen) atoms. The van der Waals surface area contributed by atoms with Crippen molar-refractivity contribution in [1.82, 2.24) is 10.2 Å². The average molecular weight is 278 g/mol. The summed E-state index contributed by atoms with van der Waals surface area (Å²) in [6.07, 6.45) is 4.74. The Labute approximate surface area is 121 Å². The first-order chi connectivity index (χ1) is 9.58. The lowest BCUT2D eigenvalue weighted by Crippen LogP contribution is -2.51. The maximum absolute atomic E-state index is 12.2. The van der Waals surface area contributed by atoms with Crippen molar-refractivity contribution in [2.24, 2.45) is 17.6 Å². The molecule has 0 aromatic carbocycles. The van der Waals surface area contributed by atoms with Crippen LogP contribution < -0.4 is 11.1 Å². The van der Waals surface area contributed by atoms with E-state index in [1.165, 1.54) is 0 Å². The Morgan fingerprint density at radius 2 is 2.20 bits per heavy atom. The summed E-state index contributed by atoms with van der Waals surface area (Å²) in [5.41, 5.74) is 5.19. The Hall–Kier alpha value is -1.12. The van der Waals surface area contributed by atoms with Crippen LogP contribution in [-0.4, -0.2) is 42.5 Å². The van der Waals surface area contributed by atoms with Gasteiger partial charge in [0.1, 0.15) is 5.54 Å². The Morgan fingerprint density at radius 1 is 1.50 bits per heavy atom. The second kappa shape index (κ2) is 6.55. The molecule has 1 aliphatic carbocycles. The minimum absolute atomic E-state index is 0.0150. The molecule has 1 saturated heterocycles. The van der Waals surface area contributed by atoms with Gasteiger partial charge in [-0.05, 0) is 57.0 Å². The fourth-order valence-corrected chi connectivity index (χ4v) is 3.43. The smallest absolute Gasteiger partial charge is 0.235 e. The van der Waals surface area contributed by atoms with Crippen LogP contribution in [0.2, 0.25) is 0 Å². The van der Waals surface area contributed by atoms with E-state index in [9.17, 15) is 10.1 Å². The highest BCUT2D eigenvalue weighted by Crippen LogP contribution is 2.29. The van der Waals surface area contributed by atoms with Gasteiger partial charge < -0.3 is 11.1 Å². The second-order valence-electron chi connectivity index (χ2n) is 6.45. The van der Waals surface area contributed by atoms with Crippen molar-refractivity contribution < 1.29 is 4.79 Å². The summed E-state index contributed by atoms with van der Waals surface area (Å²) in [4.78, 5) is 14.3. The first-order valence-corrected chi connectivity index (χ1v) is 7.73. The minimum atomic E-state index is -0.604. The van der Waals surface area contributed by atoms with Crippen molar-refractivity contribution in [2.75, 3.05) is 26.2 Å². The molecule has 2 rings (SSSR count). The largest absolute Gasteiger partial charge is 0.337 e. The molecule has 0 bridgehead atoms. The van der Waals surface area contributed by atoms with E-state index in [0.717, 1.165) is 45.2 Å². The summed E-state index contributed by atoms with van der Waals surface area (Å²) >= 11 is 0. The molecule has 112 valence electrons. The molecule has 2 atom stereocenters. The van der Waals surface area contributed by atoms with Gasteiger partial charge in [0, 0.05) is 6.54 Å². The van der Waals surface area contributed by atoms with Crippen LogP contribution in [-0.2, 0) is 4.79 Å². The van der Waals surface area contributed by atoms with Crippen LogP contribution in [0.4, 0.5) is 0 Å². The van der Waals surface area contributed by atoms with Gasteiger partial charge in [0.15, 0.2) is 0 Å². The molecule has 1 aliphatic heterocycles. The summed E-state index contributed by atoms with van der Waals surface area (Å²) in [7, 11) is 0. The highest BCUT2D eigenvalue weighted by molar-refractivity contribution is 5.79. The van der Waals surface area contributed by atoms with Gasteiger partial charge in [-0.25, -0.2) is 0 Å². The van der Waals surface area contributed by atoms with E-state index in [1.54, 1.807) is 0 Å². The molecule has 2 unspecified atom stereocenters. The molecular weight excluding hydrogens is 252 g/mol. The van der Waals surface area contributed by atoms with Gasteiger partial charge in [-0.2, -0.15) is 5.26 Å². The van der Waals surface area contributed by atoms with Crippen LogP contribution in [0.5, 0.6) is 0 Å². The molecule has 5 nitrogen and oxygen atoms in total. The Balaban J connectivity index is 1.84. The maximum Gasteiger partial charge on any atom is 0.235 e. The maximum atomic E-state index is 12.2. The standard InChI is InChI=1S/C15H26N4O/c1-12-4-7-19(9-13(12)8-16)10-14(20)18-15(11-17)5-2-3-6-15/h12-13H,2-10,16H2,1H3,(H,18,20). The third-order valence-corrected chi connectivity index (χ3v) is 4.92. The van der Waals surface area contributed by atoms with Crippen molar-refractivity contribution >= 4 is 5.91 Å². The van der Waals surface area contributed by atoms with E-state index in [-0.39, 0.29) is 5.91 Å². The summed E-state index contributed by atoms with van der Waals surface area (Å²) in [6.45, 7) is 5.15. The predicted molar refractivity (Wildman–Crippen MR) is 77.7 cm³/mol. The normalized spacial score (nSPS) is 29.9. The molecule has 5 heteroatoms. The van der Waals surface area contributed by atoms with E-state index in [1.807, 2.05) is 0 Å². The minimum Gasteiger partial charge on any atom is -0.337 e. The van der Waals surface area contributed by atoms with Crippen LogP contribution in [0.3, 0.4) is 0 Å². The molecule has 0 radical (unpaired) electrons. The average Bonchev–Trinajstić information content (AvgIpc) is 2.90. The Morgan fingerprint density at radius 3 is 2.80 bits per heavy atom. The number of carbonyl (C=O) groups excluding carboxylic acids is 1. The topological polar surface area (TPSA) is 82.2 Å². The zero-order chi connectivity index (χ0) is 14.6. The summed E-state index contributed by atoms with van der Waals surface area (Å²) in [6, 6.07) is 2.30. The number of amides is 1. The SMILES string of the molecule is CC1CCN(CC(=O)NC2(C#N)CCCC2)CC1CN. The van der Waals surface area contributed by atoms with Crippen molar-refractivity contribution in [1.29, 1.82) is 5.26 Å². The van der Waals surface area contributed by atoms with E-state index < -0.39 is 5.54 Å². The highest BCUT2D eigenvalue weighted by Gasteiger charge is 2.36. The molecule has 0 aromatic heterocycles. The van der Waals surface area contributed by atoms with Crippen molar-refractivity contribution in [3.63, 3.8) is 0 Å². The van der Waals surface area contributed by atoms with Gasteiger partial charge in [0.05, 0.1) is 12.6 Å².